The van der Waals surface area contributed by atoms with E-state index in [9.17, 15) is 4.79 Å². The van der Waals surface area contributed by atoms with Gasteiger partial charge in [-0.05, 0) is 12.1 Å². The Morgan fingerprint density at radius 2 is 2.06 bits per heavy atom. The first-order valence-electron chi connectivity index (χ1n) is 4.95. The smallest absolute Gasteiger partial charge is 0.357 e. The zero-order chi connectivity index (χ0) is 13.1. The summed E-state index contributed by atoms with van der Waals surface area (Å²) < 4.78 is 18.0. The first-order valence-corrected chi connectivity index (χ1v) is 5.68. The van der Waals surface area contributed by atoms with Crippen LogP contribution in [0.25, 0.3) is 11.3 Å². The third-order valence-corrected chi connectivity index (χ3v) is 2.88. The number of benzene rings is 1. The molecule has 0 spiro atoms. The number of carbonyl (C=O) groups is 1. The molecule has 0 radical (unpaired) electrons. The number of carboxylic acid groups (broad SMARTS) is 1. The second-order valence-electron chi connectivity index (χ2n) is 3.33. The molecule has 1 heterocycles. The molecule has 0 aliphatic heterocycles. The van der Waals surface area contributed by atoms with Crippen LogP contribution in [-0.2, 0) is 0 Å². The number of rotatable bonds is 4. The van der Waals surface area contributed by atoms with Crippen molar-refractivity contribution in [1.29, 1.82) is 0 Å². The van der Waals surface area contributed by atoms with Crippen molar-refractivity contribution >= 4 is 17.7 Å². The lowest BCUT2D eigenvalue weighted by atomic mass is 10.1. The fourth-order valence-electron chi connectivity index (χ4n) is 1.50. The third-order valence-electron chi connectivity index (χ3n) is 2.35. The van der Waals surface area contributed by atoms with E-state index in [1.54, 1.807) is 25.3 Å². The van der Waals surface area contributed by atoms with Gasteiger partial charge in [0.15, 0.2) is 5.69 Å². The highest BCUT2D eigenvalue weighted by atomic mass is 32.1. The lowest BCUT2D eigenvalue weighted by Gasteiger charge is -2.08. The summed E-state index contributed by atoms with van der Waals surface area (Å²) in [5.74, 6) is -0.00293. The van der Waals surface area contributed by atoms with Gasteiger partial charge in [-0.15, -0.1) is 0 Å². The minimum absolute atomic E-state index is 0.0801. The fraction of sp³-hybridized carbons (Fsp3) is 0.182. The molecule has 2 rings (SSSR count). The van der Waals surface area contributed by atoms with Crippen molar-refractivity contribution in [2.75, 3.05) is 14.2 Å². The van der Waals surface area contributed by atoms with Gasteiger partial charge < -0.3 is 14.6 Å². The molecule has 2 aromatic rings. The summed E-state index contributed by atoms with van der Waals surface area (Å²) in [4.78, 5) is 11.0. The van der Waals surface area contributed by atoms with Crippen molar-refractivity contribution < 1.29 is 19.4 Å². The maximum Gasteiger partial charge on any atom is 0.357 e. The second-order valence-corrected chi connectivity index (χ2v) is 3.86. The van der Waals surface area contributed by atoms with Gasteiger partial charge in [0.1, 0.15) is 17.2 Å². The quantitative estimate of drug-likeness (QED) is 0.910. The van der Waals surface area contributed by atoms with E-state index in [1.165, 1.54) is 7.11 Å². The van der Waals surface area contributed by atoms with Crippen LogP contribution in [0.5, 0.6) is 11.5 Å². The highest BCUT2D eigenvalue weighted by Crippen LogP contribution is 2.34. The number of carboxylic acids is 1. The summed E-state index contributed by atoms with van der Waals surface area (Å²) in [5, 5.41) is 9.02. The number of hydrogen-bond donors (Lipinski definition) is 1. The van der Waals surface area contributed by atoms with Crippen LogP contribution in [0.2, 0.25) is 0 Å². The van der Waals surface area contributed by atoms with Crippen molar-refractivity contribution in [2.45, 2.75) is 0 Å². The number of ether oxygens (including phenoxy) is 2. The van der Waals surface area contributed by atoms with E-state index < -0.39 is 5.97 Å². The van der Waals surface area contributed by atoms with E-state index in [4.69, 9.17) is 14.6 Å². The third kappa shape index (κ3) is 2.12. The first kappa shape index (κ1) is 12.3. The zero-order valence-electron chi connectivity index (χ0n) is 9.71. The molecular weight excluding hydrogens is 256 g/mol. The van der Waals surface area contributed by atoms with E-state index in [2.05, 4.69) is 8.75 Å². The van der Waals surface area contributed by atoms with Crippen LogP contribution in [0, 0.1) is 0 Å². The lowest BCUT2D eigenvalue weighted by Crippen LogP contribution is -2.00. The maximum absolute atomic E-state index is 11.0. The molecule has 0 unspecified atom stereocenters. The van der Waals surface area contributed by atoms with Crippen LogP contribution in [-0.4, -0.2) is 34.0 Å². The Morgan fingerprint density at radius 3 is 2.67 bits per heavy atom. The van der Waals surface area contributed by atoms with Gasteiger partial charge in [-0.1, -0.05) is 0 Å². The Morgan fingerprint density at radius 1 is 1.28 bits per heavy atom. The molecule has 7 heteroatoms. The van der Waals surface area contributed by atoms with Crippen molar-refractivity contribution in [3.05, 3.63) is 23.9 Å². The molecule has 0 fully saturated rings. The van der Waals surface area contributed by atoms with Gasteiger partial charge in [0, 0.05) is 11.6 Å². The molecular formula is C11H10N2O4S. The lowest BCUT2D eigenvalue weighted by molar-refractivity contribution is 0.0692. The molecule has 18 heavy (non-hydrogen) atoms. The molecule has 1 N–H and O–H groups in total. The molecule has 1 aromatic carbocycles. The van der Waals surface area contributed by atoms with E-state index in [0.29, 0.717) is 22.8 Å². The van der Waals surface area contributed by atoms with Gasteiger partial charge in [-0.3, -0.25) is 0 Å². The van der Waals surface area contributed by atoms with Gasteiger partial charge in [0.2, 0.25) is 0 Å². The number of hydrogen-bond acceptors (Lipinski definition) is 6. The number of aromatic carboxylic acids is 1. The van der Waals surface area contributed by atoms with E-state index in [-0.39, 0.29) is 5.69 Å². The monoisotopic (exact) mass is 266 g/mol. The van der Waals surface area contributed by atoms with Crippen LogP contribution in [0.3, 0.4) is 0 Å². The Balaban J connectivity index is 2.56. The summed E-state index contributed by atoms with van der Waals surface area (Å²) in [7, 11) is 3.04. The number of aromatic nitrogens is 2. The topological polar surface area (TPSA) is 81.5 Å². The predicted molar refractivity (Wildman–Crippen MR) is 65.4 cm³/mol. The minimum atomic E-state index is -1.11. The standard InChI is InChI=1S/C11H10N2O4S/c1-16-6-3-4-7(8(5-6)17-2)9-10(11(14)15)13-18-12-9/h3-5H,1-2H3,(H,14,15). The average Bonchev–Trinajstić information content (AvgIpc) is 2.87. The minimum Gasteiger partial charge on any atom is -0.497 e. The summed E-state index contributed by atoms with van der Waals surface area (Å²) in [6, 6.07) is 5.07. The molecule has 0 saturated heterocycles. The highest BCUT2D eigenvalue weighted by Gasteiger charge is 2.20. The van der Waals surface area contributed by atoms with Crippen molar-refractivity contribution in [3.63, 3.8) is 0 Å². The summed E-state index contributed by atoms with van der Waals surface area (Å²) in [6.45, 7) is 0. The molecule has 0 aliphatic rings. The molecule has 6 nitrogen and oxygen atoms in total. The van der Waals surface area contributed by atoms with Crippen molar-refractivity contribution in [1.82, 2.24) is 8.75 Å². The van der Waals surface area contributed by atoms with E-state index >= 15 is 0 Å². The summed E-state index contributed by atoms with van der Waals surface area (Å²) in [5.41, 5.74) is 0.792. The van der Waals surface area contributed by atoms with Crippen LogP contribution >= 0.6 is 11.7 Å². The number of methoxy groups -OCH3 is 2. The molecule has 0 saturated carbocycles. The van der Waals surface area contributed by atoms with Gasteiger partial charge in [0.25, 0.3) is 0 Å². The zero-order valence-corrected chi connectivity index (χ0v) is 10.5. The Hall–Kier alpha value is -2.15. The summed E-state index contributed by atoms with van der Waals surface area (Å²) in [6.07, 6.45) is 0. The van der Waals surface area contributed by atoms with Gasteiger partial charge in [-0.2, -0.15) is 8.75 Å². The second kappa shape index (κ2) is 5.01. The molecule has 0 bridgehead atoms. The molecule has 0 amide bonds. The maximum atomic E-state index is 11.0. The van der Waals surface area contributed by atoms with E-state index in [0.717, 1.165) is 11.7 Å². The molecule has 0 atom stereocenters. The largest absolute Gasteiger partial charge is 0.497 e. The highest BCUT2D eigenvalue weighted by molar-refractivity contribution is 6.99. The Labute approximate surface area is 107 Å². The van der Waals surface area contributed by atoms with Crippen molar-refractivity contribution in [3.8, 4) is 22.8 Å². The van der Waals surface area contributed by atoms with Crippen LogP contribution < -0.4 is 9.47 Å². The predicted octanol–water partition coefficient (Wildman–Crippen LogP) is 1.92. The molecule has 0 aliphatic carbocycles. The first-order chi connectivity index (χ1) is 8.67. The normalized spacial score (nSPS) is 10.1. The Kier molecular flexibility index (Phi) is 3.42. The van der Waals surface area contributed by atoms with Crippen molar-refractivity contribution in [2.24, 2.45) is 0 Å². The Bertz CT molecular complexity index is 582. The van der Waals surface area contributed by atoms with Gasteiger partial charge >= 0.3 is 5.97 Å². The van der Waals surface area contributed by atoms with Crippen LogP contribution in [0.1, 0.15) is 10.5 Å². The van der Waals surface area contributed by atoms with Gasteiger partial charge in [0.05, 0.1) is 25.9 Å². The average molecular weight is 266 g/mol. The molecule has 94 valence electrons. The summed E-state index contributed by atoms with van der Waals surface area (Å²) >= 11 is 0.851. The number of nitrogens with zero attached hydrogens (tertiary/aromatic N) is 2. The van der Waals surface area contributed by atoms with Crippen LogP contribution in [0.4, 0.5) is 0 Å². The van der Waals surface area contributed by atoms with Gasteiger partial charge in [-0.25, -0.2) is 4.79 Å². The van der Waals surface area contributed by atoms with Crippen LogP contribution in [0.15, 0.2) is 18.2 Å². The van der Waals surface area contributed by atoms with E-state index in [1.807, 2.05) is 0 Å². The fourth-order valence-corrected chi connectivity index (χ4v) is 2.05. The SMILES string of the molecule is COc1ccc(-c2nsnc2C(=O)O)c(OC)c1. The molecule has 1 aromatic heterocycles.